The lowest BCUT2D eigenvalue weighted by Gasteiger charge is -2.11. The van der Waals surface area contributed by atoms with E-state index in [9.17, 15) is 0 Å². The lowest BCUT2D eigenvalue weighted by atomic mass is 10.1. The Morgan fingerprint density at radius 2 is 2.08 bits per heavy atom. The lowest BCUT2D eigenvalue weighted by molar-refractivity contribution is 0.393. The number of methoxy groups -OCH3 is 1. The summed E-state index contributed by atoms with van der Waals surface area (Å²) in [4.78, 5) is 0. The number of hydrogen-bond acceptors (Lipinski definition) is 3. The van der Waals surface area contributed by atoms with E-state index >= 15 is 0 Å². The fourth-order valence-corrected chi connectivity index (χ4v) is 1.19. The van der Waals surface area contributed by atoms with Crippen LogP contribution in [0.5, 0.6) is 0 Å². The van der Waals surface area contributed by atoms with E-state index in [1.165, 1.54) is 5.56 Å². The molecule has 0 heterocycles. The summed E-state index contributed by atoms with van der Waals surface area (Å²) in [5, 5.41) is 0.462. The topological polar surface area (TPSA) is 35.2 Å². The first-order valence-corrected chi connectivity index (χ1v) is 4.52. The molecule has 0 spiro atoms. The molecule has 0 aliphatic carbocycles. The number of hydrogen-bond donors (Lipinski definition) is 1. The van der Waals surface area contributed by atoms with Crippen molar-refractivity contribution in [3.8, 4) is 0 Å². The highest BCUT2D eigenvalue weighted by Gasteiger charge is 2.09. The Kier molecular flexibility index (Phi) is 3.86. The predicted molar refractivity (Wildman–Crippen MR) is 57.7 cm³/mol. The van der Waals surface area contributed by atoms with E-state index in [2.05, 4.69) is 0 Å². The molecular weight excluding hydrogens is 182 g/mol. The van der Waals surface area contributed by atoms with Gasteiger partial charge in [0.15, 0.2) is 5.05 Å². The Labute approximate surface area is 83.7 Å². The third-order valence-corrected chi connectivity index (χ3v) is 2.27. The van der Waals surface area contributed by atoms with Gasteiger partial charge in [-0.15, -0.1) is 0 Å². The summed E-state index contributed by atoms with van der Waals surface area (Å²) < 4.78 is 4.89. The molecule has 0 bridgehead atoms. The van der Waals surface area contributed by atoms with Crippen LogP contribution < -0.4 is 5.73 Å². The van der Waals surface area contributed by atoms with Crippen LogP contribution in [-0.4, -0.2) is 18.2 Å². The molecule has 1 rings (SSSR count). The molecule has 2 nitrogen and oxygen atoms in total. The molecule has 0 saturated carbocycles. The molecule has 1 aromatic rings. The van der Waals surface area contributed by atoms with Crippen molar-refractivity contribution >= 4 is 17.3 Å². The third kappa shape index (κ3) is 3.13. The largest absolute Gasteiger partial charge is 0.489 e. The first-order valence-electron chi connectivity index (χ1n) is 4.11. The van der Waals surface area contributed by atoms with Gasteiger partial charge in [-0.2, -0.15) is 0 Å². The van der Waals surface area contributed by atoms with E-state index < -0.39 is 0 Å². The highest BCUT2D eigenvalue weighted by atomic mass is 32.1. The summed E-state index contributed by atoms with van der Waals surface area (Å²) in [5.74, 6) is 0. The molecule has 0 aliphatic rings. The predicted octanol–water partition coefficient (Wildman–Crippen LogP) is 1.53. The second-order valence-electron chi connectivity index (χ2n) is 2.82. The average Bonchev–Trinajstić information content (AvgIpc) is 2.18. The minimum atomic E-state index is -0.192. The van der Waals surface area contributed by atoms with Gasteiger partial charge >= 0.3 is 0 Å². The molecule has 0 amide bonds. The molecule has 2 N–H and O–H groups in total. The molecule has 0 aromatic heterocycles. The van der Waals surface area contributed by atoms with Gasteiger partial charge in [-0.25, -0.2) is 0 Å². The monoisotopic (exact) mass is 195 g/mol. The van der Waals surface area contributed by atoms with Crippen LogP contribution in [0.1, 0.15) is 5.56 Å². The van der Waals surface area contributed by atoms with Gasteiger partial charge in [0.1, 0.15) is 0 Å². The van der Waals surface area contributed by atoms with Gasteiger partial charge in [-0.1, -0.05) is 30.3 Å². The Balaban J connectivity index is 2.55. The van der Waals surface area contributed by atoms with E-state index in [-0.39, 0.29) is 6.04 Å². The van der Waals surface area contributed by atoms with Crippen LogP contribution in [0.3, 0.4) is 0 Å². The van der Waals surface area contributed by atoms with Crippen molar-refractivity contribution in [3.05, 3.63) is 35.9 Å². The first kappa shape index (κ1) is 10.2. The maximum atomic E-state index is 5.79. The summed E-state index contributed by atoms with van der Waals surface area (Å²) in [6.45, 7) is 0. The molecule has 70 valence electrons. The highest BCUT2D eigenvalue weighted by Crippen LogP contribution is 2.03. The summed E-state index contributed by atoms with van der Waals surface area (Å²) in [6, 6.07) is 9.80. The second-order valence-corrected chi connectivity index (χ2v) is 3.22. The van der Waals surface area contributed by atoms with Gasteiger partial charge in [0.25, 0.3) is 0 Å². The number of rotatable bonds is 3. The Morgan fingerprint density at radius 3 is 2.62 bits per heavy atom. The Bertz CT molecular complexity index is 274. The van der Waals surface area contributed by atoms with Crippen molar-refractivity contribution in [2.45, 2.75) is 12.5 Å². The molecule has 0 aliphatic heterocycles. The van der Waals surface area contributed by atoms with E-state index in [0.29, 0.717) is 5.05 Å². The van der Waals surface area contributed by atoms with E-state index in [1.807, 2.05) is 30.3 Å². The maximum Gasteiger partial charge on any atom is 0.176 e. The SMILES string of the molecule is COC(=S)C(N)Cc1ccccc1. The normalized spacial score (nSPS) is 12.2. The van der Waals surface area contributed by atoms with Crippen LogP contribution in [0.15, 0.2) is 30.3 Å². The molecular formula is C10H13NOS. The average molecular weight is 195 g/mol. The Morgan fingerprint density at radius 1 is 1.46 bits per heavy atom. The Hall–Kier alpha value is -0.930. The standard InChI is InChI=1S/C10H13NOS/c1-12-10(13)9(11)7-8-5-3-2-4-6-8/h2-6,9H,7,11H2,1H3. The summed E-state index contributed by atoms with van der Waals surface area (Å²) in [6.07, 6.45) is 0.730. The van der Waals surface area contributed by atoms with Gasteiger partial charge in [0.2, 0.25) is 0 Å². The van der Waals surface area contributed by atoms with Gasteiger partial charge in [0.05, 0.1) is 13.2 Å². The molecule has 3 heteroatoms. The van der Waals surface area contributed by atoms with Crippen LogP contribution in [0, 0.1) is 0 Å². The van der Waals surface area contributed by atoms with Crippen LogP contribution in [-0.2, 0) is 11.2 Å². The second kappa shape index (κ2) is 4.94. The van der Waals surface area contributed by atoms with Gasteiger partial charge in [-0.3, -0.25) is 0 Å². The molecule has 0 fully saturated rings. The van der Waals surface area contributed by atoms with Crippen molar-refractivity contribution in [2.75, 3.05) is 7.11 Å². The minimum absolute atomic E-state index is 0.192. The zero-order valence-electron chi connectivity index (χ0n) is 7.57. The number of thiocarbonyl (C=S) groups is 1. The van der Waals surface area contributed by atoms with Crippen molar-refractivity contribution < 1.29 is 4.74 Å². The van der Waals surface area contributed by atoms with Crippen LogP contribution >= 0.6 is 12.2 Å². The number of ether oxygens (including phenoxy) is 1. The van der Waals surface area contributed by atoms with E-state index in [1.54, 1.807) is 7.11 Å². The summed E-state index contributed by atoms with van der Waals surface area (Å²) in [7, 11) is 1.55. The first-order chi connectivity index (χ1) is 6.24. The quantitative estimate of drug-likeness (QED) is 0.743. The van der Waals surface area contributed by atoms with Crippen molar-refractivity contribution in [1.29, 1.82) is 0 Å². The molecule has 13 heavy (non-hydrogen) atoms. The van der Waals surface area contributed by atoms with Crippen molar-refractivity contribution in [1.82, 2.24) is 0 Å². The molecule has 1 unspecified atom stereocenters. The summed E-state index contributed by atoms with van der Waals surface area (Å²) >= 11 is 4.93. The third-order valence-electron chi connectivity index (χ3n) is 1.80. The van der Waals surface area contributed by atoms with Crippen LogP contribution in [0.4, 0.5) is 0 Å². The minimum Gasteiger partial charge on any atom is -0.489 e. The van der Waals surface area contributed by atoms with Crippen molar-refractivity contribution in [2.24, 2.45) is 5.73 Å². The smallest absolute Gasteiger partial charge is 0.176 e. The van der Waals surface area contributed by atoms with Crippen molar-refractivity contribution in [3.63, 3.8) is 0 Å². The molecule has 0 radical (unpaired) electrons. The van der Waals surface area contributed by atoms with Gasteiger partial charge in [0, 0.05) is 0 Å². The van der Waals surface area contributed by atoms with Crippen LogP contribution in [0.2, 0.25) is 0 Å². The summed E-state index contributed by atoms with van der Waals surface area (Å²) in [5.41, 5.74) is 6.97. The number of benzene rings is 1. The van der Waals surface area contributed by atoms with Gasteiger partial charge in [-0.05, 0) is 24.2 Å². The lowest BCUT2D eigenvalue weighted by Crippen LogP contribution is -2.32. The van der Waals surface area contributed by atoms with E-state index in [0.717, 1.165) is 6.42 Å². The highest BCUT2D eigenvalue weighted by molar-refractivity contribution is 7.80. The molecule has 1 atom stereocenters. The van der Waals surface area contributed by atoms with Gasteiger partial charge < -0.3 is 10.5 Å². The zero-order valence-corrected chi connectivity index (χ0v) is 8.38. The maximum absolute atomic E-state index is 5.79. The zero-order chi connectivity index (χ0) is 9.68. The van der Waals surface area contributed by atoms with Crippen LogP contribution in [0.25, 0.3) is 0 Å². The molecule has 0 saturated heterocycles. The fraction of sp³-hybridized carbons (Fsp3) is 0.300. The number of nitrogens with two attached hydrogens (primary N) is 1. The van der Waals surface area contributed by atoms with E-state index in [4.69, 9.17) is 22.7 Å². The molecule has 1 aromatic carbocycles. The fourth-order valence-electron chi connectivity index (χ4n) is 1.10.